The SMILES string of the molecule is COC(=O)c1cc(CNC(=O)c2cnn(-c3ccccc3F)c2C)ccc1OC. The number of rotatable bonds is 6. The molecular formula is C21H20FN3O4. The highest BCUT2D eigenvalue weighted by molar-refractivity contribution is 5.95. The fourth-order valence-corrected chi connectivity index (χ4v) is 2.91. The summed E-state index contributed by atoms with van der Waals surface area (Å²) in [6, 6.07) is 11.2. The van der Waals surface area contributed by atoms with E-state index in [1.54, 1.807) is 43.3 Å². The zero-order valence-electron chi connectivity index (χ0n) is 16.2. The summed E-state index contributed by atoms with van der Waals surface area (Å²) in [5.74, 6) is -0.939. The first-order valence-electron chi connectivity index (χ1n) is 8.79. The number of ether oxygens (including phenoxy) is 2. The number of para-hydroxylation sites is 1. The Hall–Kier alpha value is -3.68. The fourth-order valence-electron chi connectivity index (χ4n) is 2.91. The summed E-state index contributed by atoms with van der Waals surface area (Å²) >= 11 is 0. The molecule has 0 spiro atoms. The van der Waals surface area contributed by atoms with E-state index in [0.717, 1.165) is 0 Å². The van der Waals surface area contributed by atoms with E-state index in [0.29, 0.717) is 22.6 Å². The molecule has 0 unspecified atom stereocenters. The predicted octanol–water partition coefficient (Wildman–Crippen LogP) is 3.05. The van der Waals surface area contributed by atoms with Crippen molar-refractivity contribution in [2.45, 2.75) is 13.5 Å². The number of nitrogens with zero attached hydrogens (tertiary/aromatic N) is 2. The smallest absolute Gasteiger partial charge is 0.341 e. The van der Waals surface area contributed by atoms with Crippen LogP contribution in [0.25, 0.3) is 5.69 Å². The van der Waals surface area contributed by atoms with Gasteiger partial charge in [0.25, 0.3) is 5.91 Å². The van der Waals surface area contributed by atoms with Gasteiger partial charge in [0.1, 0.15) is 22.8 Å². The van der Waals surface area contributed by atoms with Crippen molar-refractivity contribution >= 4 is 11.9 Å². The molecule has 0 aliphatic rings. The minimum absolute atomic E-state index is 0.178. The molecule has 1 N–H and O–H groups in total. The summed E-state index contributed by atoms with van der Waals surface area (Å²) in [5.41, 5.74) is 2.07. The van der Waals surface area contributed by atoms with Crippen molar-refractivity contribution in [1.82, 2.24) is 15.1 Å². The van der Waals surface area contributed by atoms with Crippen LogP contribution in [0.2, 0.25) is 0 Å². The minimum atomic E-state index is -0.531. The first-order valence-corrected chi connectivity index (χ1v) is 8.79. The van der Waals surface area contributed by atoms with Crippen molar-refractivity contribution in [2.75, 3.05) is 14.2 Å². The molecule has 0 saturated heterocycles. The molecule has 7 nitrogen and oxygen atoms in total. The van der Waals surface area contributed by atoms with Crippen LogP contribution in [0.3, 0.4) is 0 Å². The van der Waals surface area contributed by atoms with Crippen LogP contribution in [-0.2, 0) is 11.3 Å². The number of amides is 1. The van der Waals surface area contributed by atoms with Gasteiger partial charge in [0, 0.05) is 6.54 Å². The Labute approximate surface area is 167 Å². The Morgan fingerprint density at radius 1 is 1.14 bits per heavy atom. The second-order valence-electron chi connectivity index (χ2n) is 6.22. The number of nitrogens with one attached hydrogen (secondary N) is 1. The highest BCUT2D eigenvalue weighted by Gasteiger charge is 2.18. The quantitative estimate of drug-likeness (QED) is 0.647. The molecular weight excluding hydrogens is 377 g/mol. The van der Waals surface area contributed by atoms with Gasteiger partial charge >= 0.3 is 5.97 Å². The van der Waals surface area contributed by atoms with Crippen molar-refractivity contribution < 1.29 is 23.5 Å². The molecule has 2 aromatic carbocycles. The van der Waals surface area contributed by atoms with Gasteiger partial charge in [-0.3, -0.25) is 4.79 Å². The molecule has 1 aromatic heterocycles. The summed E-state index contributed by atoms with van der Waals surface area (Å²) in [5, 5.41) is 6.91. The molecule has 150 valence electrons. The molecule has 0 bridgehead atoms. The number of benzene rings is 2. The number of methoxy groups -OCH3 is 2. The Bertz CT molecular complexity index is 1060. The van der Waals surface area contributed by atoms with Crippen molar-refractivity contribution in [1.29, 1.82) is 0 Å². The highest BCUT2D eigenvalue weighted by Crippen LogP contribution is 2.21. The van der Waals surface area contributed by atoms with Crippen molar-refractivity contribution in [2.24, 2.45) is 0 Å². The maximum absolute atomic E-state index is 14.0. The van der Waals surface area contributed by atoms with Crippen LogP contribution in [0, 0.1) is 12.7 Å². The Balaban J connectivity index is 1.77. The average Bonchev–Trinajstić information content (AvgIpc) is 3.12. The summed E-state index contributed by atoms with van der Waals surface area (Å²) in [7, 11) is 2.74. The zero-order valence-corrected chi connectivity index (χ0v) is 16.2. The molecule has 1 heterocycles. The van der Waals surface area contributed by atoms with Crippen molar-refractivity contribution in [3.05, 3.63) is 76.9 Å². The van der Waals surface area contributed by atoms with Crippen LogP contribution in [0.4, 0.5) is 4.39 Å². The Morgan fingerprint density at radius 3 is 2.59 bits per heavy atom. The molecule has 0 atom stereocenters. The van der Waals surface area contributed by atoms with Crippen LogP contribution in [-0.4, -0.2) is 35.9 Å². The average molecular weight is 397 g/mol. The first-order chi connectivity index (χ1) is 14.0. The topological polar surface area (TPSA) is 82.5 Å². The molecule has 8 heteroatoms. The summed E-state index contributed by atoms with van der Waals surface area (Å²) in [4.78, 5) is 24.5. The maximum Gasteiger partial charge on any atom is 0.341 e. The second kappa shape index (κ2) is 8.55. The molecule has 0 aliphatic heterocycles. The number of esters is 1. The maximum atomic E-state index is 14.0. The van der Waals surface area contributed by atoms with Gasteiger partial charge in [-0.05, 0) is 36.8 Å². The number of aromatic nitrogens is 2. The van der Waals surface area contributed by atoms with E-state index >= 15 is 0 Å². The molecule has 3 aromatic rings. The number of carbonyl (C=O) groups excluding carboxylic acids is 2. The van der Waals surface area contributed by atoms with Gasteiger partial charge in [0.15, 0.2) is 0 Å². The lowest BCUT2D eigenvalue weighted by Crippen LogP contribution is -2.23. The largest absolute Gasteiger partial charge is 0.496 e. The first kappa shape index (κ1) is 20.1. The molecule has 3 rings (SSSR count). The van der Waals surface area contributed by atoms with Crippen LogP contribution in [0.15, 0.2) is 48.7 Å². The van der Waals surface area contributed by atoms with E-state index in [-0.39, 0.29) is 23.7 Å². The van der Waals surface area contributed by atoms with Gasteiger partial charge in [0.2, 0.25) is 0 Å². The number of hydrogen-bond donors (Lipinski definition) is 1. The lowest BCUT2D eigenvalue weighted by molar-refractivity contribution is 0.0597. The summed E-state index contributed by atoms with van der Waals surface area (Å²) in [6.07, 6.45) is 1.39. The predicted molar refractivity (Wildman–Crippen MR) is 104 cm³/mol. The Morgan fingerprint density at radius 2 is 1.90 bits per heavy atom. The van der Waals surface area contributed by atoms with Crippen molar-refractivity contribution in [3.63, 3.8) is 0 Å². The zero-order chi connectivity index (χ0) is 21.0. The Kier molecular flexibility index (Phi) is 5.92. The molecule has 0 saturated carbocycles. The molecule has 1 amide bonds. The normalized spacial score (nSPS) is 10.5. The van der Waals surface area contributed by atoms with Crippen LogP contribution in [0.5, 0.6) is 5.75 Å². The highest BCUT2D eigenvalue weighted by atomic mass is 19.1. The van der Waals surface area contributed by atoms with Gasteiger partial charge in [-0.25, -0.2) is 13.9 Å². The third-order valence-corrected chi connectivity index (χ3v) is 4.46. The minimum Gasteiger partial charge on any atom is -0.496 e. The van der Waals surface area contributed by atoms with E-state index in [9.17, 15) is 14.0 Å². The third-order valence-electron chi connectivity index (χ3n) is 4.46. The molecule has 0 radical (unpaired) electrons. The molecule has 29 heavy (non-hydrogen) atoms. The molecule has 0 fully saturated rings. The number of carbonyl (C=O) groups is 2. The lowest BCUT2D eigenvalue weighted by atomic mass is 10.1. The van der Waals surface area contributed by atoms with Gasteiger partial charge in [-0.15, -0.1) is 0 Å². The van der Waals surface area contributed by atoms with E-state index in [1.807, 2.05) is 0 Å². The van der Waals surface area contributed by atoms with Gasteiger partial charge in [-0.2, -0.15) is 5.10 Å². The summed E-state index contributed by atoms with van der Waals surface area (Å²) < 4.78 is 25.3. The van der Waals surface area contributed by atoms with E-state index in [4.69, 9.17) is 9.47 Å². The van der Waals surface area contributed by atoms with Gasteiger partial charge in [0.05, 0.1) is 31.7 Å². The fraction of sp³-hybridized carbons (Fsp3) is 0.190. The van der Waals surface area contributed by atoms with E-state index < -0.39 is 11.8 Å². The third kappa shape index (κ3) is 4.11. The van der Waals surface area contributed by atoms with Gasteiger partial charge in [-0.1, -0.05) is 18.2 Å². The summed E-state index contributed by atoms with van der Waals surface area (Å²) in [6.45, 7) is 1.87. The standard InChI is InChI=1S/C21H20FN3O4/c1-13-16(12-24-25(13)18-7-5-4-6-17(18)22)20(26)23-11-14-8-9-19(28-2)15(10-14)21(27)29-3/h4-10,12H,11H2,1-3H3,(H,23,26). The van der Waals surface area contributed by atoms with Crippen molar-refractivity contribution in [3.8, 4) is 11.4 Å². The monoisotopic (exact) mass is 397 g/mol. The van der Waals surface area contributed by atoms with E-state index in [1.165, 1.54) is 31.2 Å². The van der Waals surface area contributed by atoms with E-state index in [2.05, 4.69) is 10.4 Å². The second-order valence-corrected chi connectivity index (χ2v) is 6.22. The van der Waals surface area contributed by atoms with Crippen LogP contribution in [0.1, 0.15) is 32.0 Å². The number of hydrogen-bond acceptors (Lipinski definition) is 5. The molecule has 0 aliphatic carbocycles. The van der Waals surface area contributed by atoms with Crippen LogP contribution >= 0.6 is 0 Å². The number of halogens is 1. The van der Waals surface area contributed by atoms with Gasteiger partial charge < -0.3 is 14.8 Å². The lowest BCUT2D eigenvalue weighted by Gasteiger charge is -2.10. The van der Waals surface area contributed by atoms with Crippen LogP contribution < -0.4 is 10.1 Å².